The second kappa shape index (κ2) is 7.67. The first-order chi connectivity index (χ1) is 11.7. The molecule has 1 aromatic rings. The van der Waals surface area contributed by atoms with Gasteiger partial charge in [0.1, 0.15) is 11.0 Å². The number of carbonyl (C=O) groups excluding carboxylic acids is 2. The van der Waals surface area contributed by atoms with Gasteiger partial charge in [-0.15, -0.1) is 0 Å². The number of carbonyl (C=O) groups is 2. The van der Waals surface area contributed by atoms with Crippen LogP contribution < -0.4 is 10.1 Å². The lowest BCUT2D eigenvalue weighted by Gasteiger charge is -2.27. The molecule has 1 atom stereocenters. The number of methoxy groups -OCH3 is 1. The molecule has 2 aliphatic rings. The minimum absolute atomic E-state index is 0.0822. The molecule has 3 rings (SSSR count). The van der Waals surface area contributed by atoms with Gasteiger partial charge in [0.05, 0.1) is 26.0 Å². The Morgan fingerprint density at radius 3 is 2.92 bits per heavy atom. The van der Waals surface area contributed by atoms with Crippen LogP contribution in [0.1, 0.15) is 6.42 Å². The number of rotatable bonds is 4. The Hall–Kier alpha value is -2.06. The van der Waals surface area contributed by atoms with E-state index in [1.165, 1.54) is 11.8 Å². The van der Waals surface area contributed by atoms with Gasteiger partial charge < -0.3 is 19.7 Å². The van der Waals surface area contributed by atoms with E-state index in [0.717, 1.165) is 13.1 Å². The molecule has 0 radical (unpaired) electrons. The minimum Gasteiger partial charge on any atom is -0.495 e. The molecule has 24 heavy (non-hydrogen) atoms. The highest BCUT2D eigenvalue weighted by Gasteiger charge is 2.33. The summed E-state index contributed by atoms with van der Waals surface area (Å²) in [6, 6.07) is 7.17. The van der Waals surface area contributed by atoms with Gasteiger partial charge in [0.25, 0.3) is 5.91 Å². The quantitative estimate of drug-likeness (QED) is 0.884. The number of hydrogen-bond acceptors (Lipinski definition) is 6. The van der Waals surface area contributed by atoms with Gasteiger partial charge in [-0.25, -0.2) is 0 Å². The third-order valence-corrected chi connectivity index (χ3v) is 4.98. The number of hydrogen-bond donors (Lipinski definition) is 1. The number of morpholine rings is 1. The molecule has 0 spiro atoms. The molecule has 0 bridgehead atoms. The molecule has 2 aliphatic heterocycles. The maximum Gasteiger partial charge on any atom is 0.262 e. The van der Waals surface area contributed by atoms with E-state index in [9.17, 15) is 9.59 Å². The summed E-state index contributed by atoms with van der Waals surface area (Å²) in [6.07, 6.45) is 0.0822. The maximum absolute atomic E-state index is 12.2. The summed E-state index contributed by atoms with van der Waals surface area (Å²) < 4.78 is 10.5. The molecule has 0 unspecified atom stereocenters. The number of nitrogens with zero attached hydrogens (tertiary/aromatic N) is 2. The summed E-state index contributed by atoms with van der Waals surface area (Å²) in [4.78, 5) is 30.4. The smallest absolute Gasteiger partial charge is 0.262 e. The number of ether oxygens (including phenoxy) is 2. The second-order valence-corrected chi connectivity index (χ2v) is 6.56. The van der Waals surface area contributed by atoms with Crippen molar-refractivity contribution in [2.45, 2.75) is 11.7 Å². The van der Waals surface area contributed by atoms with Crippen LogP contribution in [0, 0.1) is 0 Å². The van der Waals surface area contributed by atoms with Crippen molar-refractivity contribution in [2.24, 2.45) is 4.99 Å². The van der Waals surface area contributed by atoms with Crippen LogP contribution in [0.5, 0.6) is 5.75 Å². The SMILES string of the molecule is COc1ccccc1NC(=O)C[C@@H]1SC(N2CCOCC2)=NC1=O. The Bertz CT molecular complexity index is 658. The lowest BCUT2D eigenvalue weighted by Crippen LogP contribution is -2.39. The highest BCUT2D eigenvalue weighted by Crippen LogP contribution is 2.29. The van der Waals surface area contributed by atoms with E-state index in [1.807, 2.05) is 17.0 Å². The summed E-state index contributed by atoms with van der Waals surface area (Å²) in [5, 5.41) is 3.01. The normalized spacial score (nSPS) is 20.7. The highest BCUT2D eigenvalue weighted by atomic mass is 32.2. The molecule has 1 aromatic carbocycles. The number of para-hydroxylation sites is 2. The number of aliphatic imine (C=N–C) groups is 1. The van der Waals surface area contributed by atoms with Gasteiger partial charge in [-0.1, -0.05) is 23.9 Å². The number of anilines is 1. The lowest BCUT2D eigenvalue weighted by atomic mass is 10.2. The van der Waals surface area contributed by atoms with Gasteiger partial charge in [0.2, 0.25) is 5.91 Å². The Balaban J connectivity index is 1.56. The van der Waals surface area contributed by atoms with Crippen LogP contribution in [0.3, 0.4) is 0 Å². The van der Waals surface area contributed by atoms with E-state index >= 15 is 0 Å². The molecule has 0 aliphatic carbocycles. The van der Waals surface area contributed by atoms with Crippen molar-refractivity contribution < 1.29 is 19.1 Å². The summed E-state index contributed by atoms with van der Waals surface area (Å²) in [5.74, 6) is 0.0990. The highest BCUT2D eigenvalue weighted by molar-refractivity contribution is 8.15. The number of amidine groups is 1. The van der Waals surface area contributed by atoms with Crippen molar-refractivity contribution in [1.29, 1.82) is 0 Å². The van der Waals surface area contributed by atoms with Crippen molar-refractivity contribution in [1.82, 2.24) is 4.90 Å². The number of thioether (sulfide) groups is 1. The van der Waals surface area contributed by atoms with Gasteiger partial charge in [-0.2, -0.15) is 4.99 Å². The summed E-state index contributed by atoms with van der Waals surface area (Å²) in [7, 11) is 1.55. The van der Waals surface area contributed by atoms with Gasteiger partial charge in [-0.3, -0.25) is 9.59 Å². The second-order valence-electron chi connectivity index (χ2n) is 5.39. The molecule has 2 amide bonds. The van der Waals surface area contributed by atoms with Crippen molar-refractivity contribution in [3.05, 3.63) is 24.3 Å². The van der Waals surface area contributed by atoms with Crippen LogP contribution in [0.15, 0.2) is 29.3 Å². The monoisotopic (exact) mass is 349 g/mol. The first-order valence-electron chi connectivity index (χ1n) is 7.72. The first kappa shape index (κ1) is 16.8. The van der Waals surface area contributed by atoms with E-state index in [4.69, 9.17) is 9.47 Å². The Morgan fingerprint density at radius 2 is 2.17 bits per heavy atom. The predicted molar refractivity (Wildman–Crippen MR) is 92.5 cm³/mol. The Kier molecular flexibility index (Phi) is 5.37. The van der Waals surface area contributed by atoms with E-state index < -0.39 is 5.25 Å². The van der Waals surface area contributed by atoms with E-state index in [1.54, 1.807) is 19.2 Å². The minimum atomic E-state index is -0.474. The maximum atomic E-state index is 12.2. The van der Waals surface area contributed by atoms with Gasteiger partial charge in [0, 0.05) is 19.5 Å². The van der Waals surface area contributed by atoms with Crippen molar-refractivity contribution >= 4 is 34.4 Å². The summed E-state index contributed by atoms with van der Waals surface area (Å²) in [6.45, 7) is 2.71. The van der Waals surface area contributed by atoms with Crippen molar-refractivity contribution in [2.75, 3.05) is 38.7 Å². The molecule has 128 valence electrons. The van der Waals surface area contributed by atoms with E-state index in [2.05, 4.69) is 10.3 Å². The van der Waals surface area contributed by atoms with Crippen LogP contribution in [-0.4, -0.2) is 60.5 Å². The molecule has 1 saturated heterocycles. The fourth-order valence-electron chi connectivity index (χ4n) is 2.52. The summed E-state index contributed by atoms with van der Waals surface area (Å²) >= 11 is 1.35. The average Bonchev–Trinajstić information content (AvgIpc) is 2.97. The van der Waals surface area contributed by atoms with Crippen LogP contribution >= 0.6 is 11.8 Å². The fourth-order valence-corrected chi connectivity index (χ4v) is 3.63. The Morgan fingerprint density at radius 1 is 1.42 bits per heavy atom. The van der Waals surface area contributed by atoms with Crippen molar-refractivity contribution in [3.63, 3.8) is 0 Å². The molecular weight excluding hydrogens is 330 g/mol. The first-order valence-corrected chi connectivity index (χ1v) is 8.60. The zero-order valence-electron chi connectivity index (χ0n) is 13.4. The standard InChI is InChI=1S/C16H19N3O4S/c1-22-12-5-3-2-4-11(12)17-14(20)10-13-15(21)18-16(24-13)19-6-8-23-9-7-19/h2-5,13H,6-10H2,1H3,(H,17,20)/t13-/m0/s1. The van der Waals surface area contributed by atoms with Crippen LogP contribution in [0.4, 0.5) is 5.69 Å². The largest absolute Gasteiger partial charge is 0.495 e. The van der Waals surface area contributed by atoms with Gasteiger partial charge in [0.15, 0.2) is 5.17 Å². The lowest BCUT2D eigenvalue weighted by molar-refractivity contribution is -0.121. The van der Waals surface area contributed by atoms with Crippen LogP contribution in [0.2, 0.25) is 0 Å². The van der Waals surface area contributed by atoms with Gasteiger partial charge in [-0.05, 0) is 12.1 Å². The molecule has 1 N–H and O–H groups in total. The van der Waals surface area contributed by atoms with E-state index in [0.29, 0.717) is 29.8 Å². The number of benzene rings is 1. The topological polar surface area (TPSA) is 80.2 Å². The molecule has 7 nitrogen and oxygen atoms in total. The van der Waals surface area contributed by atoms with Crippen molar-refractivity contribution in [3.8, 4) is 5.75 Å². The Labute approximate surface area is 144 Å². The number of amides is 2. The molecule has 1 fully saturated rings. The molecule has 0 aromatic heterocycles. The number of nitrogens with one attached hydrogen (secondary N) is 1. The molecule has 0 saturated carbocycles. The summed E-state index contributed by atoms with van der Waals surface area (Å²) in [5.41, 5.74) is 0.592. The zero-order chi connectivity index (χ0) is 16.9. The third-order valence-electron chi connectivity index (χ3n) is 3.76. The predicted octanol–water partition coefficient (Wildman–Crippen LogP) is 1.35. The molecule has 2 heterocycles. The third kappa shape index (κ3) is 3.88. The fraction of sp³-hybridized carbons (Fsp3) is 0.438. The zero-order valence-corrected chi connectivity index (χ0v) is 14.2. The van der Waals surface area contributed by atoms with Crippen LogP contribution in [0.25, 0.3) is 0 Å². The molecule has 8 heteroatoms. The van der Waals surface area contributed by atoms with Gasteiger partial charge >= 0.3 is 0 Å². The average molecular weight is 349 g/mol. The molecular formula is C16H19N3O4S. The van der Waals surface area contributed by atoms with E-state index in [-0.39, 0.29) is 18.2 Å². The van der Waals surface area contributed by atoms with Crippen LogP contribution in [-0.2, 0) is 14.3 Å².